The van der Waals surface area contributed by atoms with E-state index < -0.39 is 0 Å². The van der Waals surface area contributed by atoms with Gasteiger partial charge < -0.3 is 21.4 Å². The Morgan fingerprint density at radius 3 is 2.57 bits per heavy atom. The zero-order chi connectivity index (χ0) is 21.3. The zero-order valence-electron chi connectivity index (χ0n) is 16.8. The molecule has 0 saturated heterocycles. The molecule has 2 aromatic heterocycles. The van der Waals surface area contributed by atoms with Crippen molar-refractivity contribution in [1.29, 1.82) is 0 Å². The van der Waals surface area contributed by atoms with E-state index in [1.165, 1.54) is 6.20 Å². The summed E-state index contributed by atoms with van der Waals surface area (Å²) in [6, 6.07) is 17.2. The van der Waals surface area contributed by atoms with Gasteiger partial charge in [-0.25, -0.2) is 9.97 Å². The Morgan fingerprint density at radius 2 is 1.87 bits per heavy atom. The third-order valence-electron chi connectivity index (χ3n) is 4.99. The van der Waals surface area contributed by atoms with Crippen LogP contribution < -0.4 is 16.8 Å². The van der Waals surface area contributed by atoms with Crippen LogP contribution in [0.1, 0.15) is 23.0 Å². The highest BCUT2D eigenvalue weighted by Crippen LogP contribution is 2.26. The molecule has 2 heterocycles. The van der Waals surface area contributed by atoms with Crippen LogP contribution in [0.2, 0.25) is 0 Å². The van der Waals surface area contributed by atoms with Gasteiger partial charge in [-0.1, -0.05) is 24.3 Å². The normalized spacial score (nSPS) is 11.6. The van der Waals surface area contributed by atoms with Crippen LogP contribution in [0.3, 0.4) is 0 Å². The Hall–Kier alpha value is -4.13. The van der Waals surface area contributed by atoms with Crippen LogP contribution in [0.25, 0.3) is 28.0 Å². The lowest BCUT2D eigenvalue weighted by atomic mass is 10.1. The molecule has 5 N–H and O–H groups in total. The Balaban J connectivity index is 1.63. The van der Waals surface area contributed by atoms with Crippen LogP contribution in [0, 0.1) is 0 Å². The fourth-order valence-corrected chi connectivity index (χ4v) is 3.36. The van der Waals surface area contributed by atoms with Crippen molar-refractivity contribution >= 4 is 33.9 Å². The highest BCUT2D eigenvalue weighted by Gasteiger charge is 2.11. The lowest BCUT2D eigenvalue weighted by molar-refractivity contribution is 0.101. The van der Waals surface area contributed by atoms with Crippen LogP contribution >= 0.6 is 0 Å². The van der Waals surface area contributed by atoms with Crippen molar-refractivity contribution in [2.24, 2.45) is 18.5 Å². The van der Waals surface area contributed by atoms with Gasteiger partial charge in [-0.2, -0.15) is 0 Å². The van der Waals surface area contributed by atoms with E-state index in [1.54, 1.807) is 19.2 Å². The fourth-order valence-electron chi connectivity index (χ4n) is 3.36. The predicted molar refractivity (Wildman–Crippen MR) is 120 cm³/mol. The summed E-state index contributed by atoms with van der Waals surface area (Å²) in [6.45, 7) is 1.57. The number of nitrogens with one attached hydrogen (secondary N) is 1. The third kappa shape index (κ3) is 3.60. The molecule has 2 aromatic carbocycles. The fraction of sp³-hybridized carbons (Fsp3) is 0.0870. The number of nitrogens with two attached hydrogens (primary N) is 2. The quantitative estimate of drug-likeness (QED) is 0.441. The number of rotatable bonds is 5. The maximum atomic E-state index is 11.8. The van der Waals surface area contributed by atoms with Gasteiger partial charge in [0.05, 0.1) is 11.4 Å². The first-order chi connectivity index (χ1) is 14.5. The maximum absolute atomic E-state index is 11.8. The van der Waals surface area contributed by atoms with E-state index in [4.69, 9.17) is 11.5 Å². The lowest BCUT2D eigenvalue weighted by Crippen LogP contribution is -2.01. The summed E-state index contributed by atoms with van der Waals surface area (Å²) in [6.07, 6.45) is 3.09. The lowest BCUT2D eigenvalue weighted by Gasteiger charge is -2.09. The highest BCUT2D eigenvalue weighted by molar-refractivity contribution is 5.99. The second kappa shape index (κ2) is 7.71. The molecule has 4 rings (SSSR count). The summed E-state index contributed by atoms with van der Waals surface area (Å²) < 4.78 is 1.90. The van der Waals surface area contributed by atoms with Crippen LogP contribution in [-0.4, -0.2) is 20.3 Å². The molecule has 4 aromatic rings. The molecule has 0 unspecified atom stereocenters. The topological polar surface area (TPSA) is 112 Å². The van der Waals surface area contributed by atoms with Gasteiger partial charge in [-0.05, 0) is 35.9 Å². The molecule has 0 saturated carbocycles. The van der Waals surface area contributed by atoms with Crippen LogP contribution in [0.15, 0.2) is 67.0 Å². The van der Waals surface area contributed by atoms with E-state index in [-0.39, 0.29) is 5.78 Å². The minimum Gasteiger partial charge on any atom is -0.403 e. The summed E-state index contributed by atoms with van der Waals surface area (Å²) in [5.41, 5.74) is 16.0. The van der Waals surface area contributed by atoms with Crippen molar-refractivity contribution < 1.29 is 4.79 Å². The number of Topliss-reactive ketones (excluding diaryl/α,β-unsaturated/α-hetero) is 1. The SMILES string of the molecule is CC(=O)c1cc2ccc(-c3nccc(Nc4ccc(/C(N)=C/N)cc4)n3)cc2n1C. The molecule has 0 aliphatic carbocycles. The molecular weight excluding hydrogens is 376 g/mol. The molecule has 0 atom stereocenters. The average Bonchev–Trinajstić information content (AvgIpc) is 3.10. The maximum Gasteiger partial charge on any atom is 0.176 e. The van der Waals surface area contributed by atoms with E-state index >= 15 is 0 Å². The Bertz CT molecular complexity index is 1270. The molecule has 0 radical (unpaired) electrons. The zero-order valence-corrected chi connectivity index (χ0v) is 16.8. The number of hydrogen-bond acceptors (Lipinski definition) is 6. The molecule has 0 bridgehead atoms. The monoisotopic (exact) mass is 398 g/mol. The second-order valence-electron chi connectivity index (χ2n) is 7.01. The molecule has 7 nitrogen and oxygen atoms in total. The molecule has 30 heavy (non-hydrogen) atoms. The number of fused-ring (bicyclic) bond motifs is 1. The minimum atomic E-state index is 0.0347. The van der Waals surface area contributed by atoms with E-state index in [2.05, 4.69) is 15.3 Å². The number of ketones is 1. The van der Waals surface area contributed by atoms with Crippen molar-refractivity contribution in [2.75, 3.05) is 5.32 Å². The van der Waals surface area contributed by atoms with Crippen molar-refractivity contribution in [1.82, 2.24) is 14.5 Å². The molecule has 0 amide bonds. The van der Waals surface area contributed by atoms with Gasteiger partial charge in [0.15, 0.2) is 11.6 Å². The summed E-state index contributed by atoms with van der Waals surface area (Å²) in [5.74, 6) is 1.30. The van der Waals surface area contributed by atoms with Gasteiger partial charge in [0.2, 0.25) is 0 Å². The number of aryl methyl sites for hydroxylation is 1. The van der Waals surface area contributed by atoms with Crippen LogP contribution in [-0.2, 0) is 7.05 Å². The molecular formula is C23H22N6O. The summed E-state index contributed by atoms with van der Waals surface area (Å²) in [5, 5.41) is 4.28. The van der Waals surface area contributed by atoms with Gasteiger partial charge in [0.25, 0.3) is 0 Å². The molecule has 7 heteroatoms. The standard InChI is InChI=1S/C23H22N6O/c1-14(30)20-11-16-3-4-17(12-21(16)29(20)2)23-26-10-9-22(28-23)27-18-7-5-15(6-8-18)19(25)13-24/h3-13H,24-25H2,1-2H3,(H,26,27,28)/b19-13-. The van der Waals surface area contributed by atoms with Crippen molar-refractivity contribution in [3.8, 4) is 11.4 Å². The predicted octanol–water partition coefficient (Wildman–Crippen LogP) is 3.80. The van der Waals surface area contributed by atoms with E-state index in [1.807, 2.05) is 60.1 Å². The minimum absolute atomic E-state index is 0.0347. The second-order valence-corrected chi connectivity index (χ2v) is 7.01. The number of benzene rings is 2. The summed E-state index contributed by atoms with van der Waals surface area (Å²) in [7, 11) is 1.89. The molecule has 0 spiro atoms. The number of hydrogen-bond donors (Lipinski definition) is 3. The summed E-state index contributed by atoms with van der Waals surface area (Å²) in [4.78, 5) is 20.9. The van der Waals surface area contributed by atoms with Crippen molar-refractivity contribution in [3.05, 3.63) is 78.3 Å². The van der Waals surface area contributed by atoms with Crippen LogP contribution in [0.5, 0.6) is 0 Å². The number of nitrogens with zero attached hydrogens (tertiary/aromatic N) is 3. The number of anilines is 2. The smallest absolute Gasteiger partial charge is 0.176 e. The molecule has 0 fully saturated rings. The van der Waals surface area contributed by atoms with Gasteiger partial charge in [-0.15, -0.1) is 0 Å². The highest BCUT2D eigenvalue weighted by atomic mass is 16.1. The third-order valence-corrected chi connectivity index (χ3v) is 4.99. The van der Waals surface area contributed by atoms with E-state index in [9.17, 15) is 4.79 Å². The van der Waals surface area contributed by atoms with Crippen LogP contribution in [0.4, 0.5) is 11.5 Å². The van der Waals surface area contributed by atoms with Crippen molar-refractivity contribution in [2.45, 2.75) is 6.92 Å². The number of carbonyl (C=O) groups is 1. The molecule has 0 aliphatic rings. The number of aromatic nitrogens is 3. The Labute approximate surface area is 174 Å². The molecule has 150 valence electrons. The van der Waals surface area contributed by atoms with Crippen molar-refractivity contribution in [3.63, 3.8) is 0 Å². The van der Waals surface area contributed by atoms with Gasteiger partial charge >= 0.3 is 0 Å². The van der Waals surface area contributed by atoms with E-state index in [0.717, 1.165) is 27.7 Å². The first-order valence-electron chi connectivity index (χ1n) is 9.45. The first kappa shape index (κ1) is 19.2. The first-order valence-corrected chi connectivity index (χ1v) is 9.45. The van der Waals surface area contributed by atoms with Gasteiger partial charge in [-0.3, -0.25) is 4.79 Å². The summed E-state index contributed by atoms with van der Waals surface area (Å²) >= 11 is 0. The van der Waals surface area contributed by atoms with Gasteiger partial charge in [0.1, 0.15) is 5.82 Å². The average molecular weight is 398 g/mol. The molecule has 0 aliphatic heterocycles. The largest absolute Gasteiger partial charge is 0.403 e. The Kier molecular flexibility index (Phi) is 4.93. The number of carbonyl (C=O) groups excluding carboxylic acids is 1. The Morgan fingerprint density at radius 1 is 1.10 bits per heavy atom. The van der Waals surface area contributed by atoms with Gasteiger partial charge in [0, 0.05) is 48.5 Å². The van der Waals surface area contributed by atoms with E-state index in [0.29, 0.717) is 23.0 Å².